The summed E-state index contributed by atoms with van der Waals surface area (Å²) in [6.45, 7) is 5.60. The van der Waals surface area contributed by atoms with Crippen LogP contribution in [0.2, 0.25) is 0 Å². The molecule has 0 spiro atoms. The first-order valence-corrected chi connectivity index (χ1v) is 8.69. The number of pyridine rings is 1. The van der Waals surface area contributed by atoms with Crippen molar-refractivity contribution in [1.29, 1.82) is 0 Å². The van der Waals surface area contributed by atoms with Gasteiger partial charge in [-0.05, 0) is 35.7 Å². The zero-order valence-electron chi connectivity index (χ0n) is 15.0. The maximum absolute atomic E-state index is 10.6. The molecular formula is C19H24N6O. The molecule has 0 bridgehead atoms. The van der Waals surface area contributed by atoms with Gasteiger partial charge in [-0.3, -0.25) is 4.68 Å². The molecule has 7 heteroatoms. The van der Waals surface area contributed by atoms with Crippen LogP contribution in [0, 0.1) is 0 Å². The summed E-state index contributed by atoms with van der Waals surface area (Å²) >= 11 is 0. The van der Waals surface area contributed by atoms with Crippen molar-refractivity contribution in [2.75, 3.05) is 17.2 Å². The predicted molar refractivity (Wildman–Crippen MR) is 102 cm³/mol. The topological polar surface area (TPSA) is 87.9 Å². The molecule has 0 aliphatic heterocycles. The van der Waals surface area contributed by atoms with Gasteiger partial charge >= 0.3 is 0 Å². The highest BCUT2D eigenvalue weighted by Crippen LogP contribution is 2.24. The van der Waals surface area contributed by atoms with Gasteiger partial charge in [-0.2, -0.15) is 5.10 Å². The van der Waals surface area contributed by atoms with Crippen molar-refractivity contribution >= 4 is 11.5 Å². The van der Waals surface area contributed by atoms with Gasteiger partial charge in [0.2, 0.25) is 0 Å². The van der Waals surface area contributed by atoms with Gasteiger partial charge in [0, 0.05) is 24.0 Å². The molecule has 3 rings (SSSR count). The molecule has 1 atom stereocenters. The monoisotopic (exact) mass is 352 g/mol. The van der Waals surface area contributed by atoms with Crippen molar-refractivity contribution in [1.82, 2.24) is 19.7 Å². The first kappa shape index (κ1) is 17.9. The van der Waals surface area contributed by atoms with Crippen molar-refractivity contribution in [3.8, 4) is 0 Å². The number of aromatic nitrogens is 4. The van der Waals surface area contributed by atoms with E-state index in [4.69, 9.17) is 0 Å². The van der Waals surface area contributed by atoms with Gasteiger partial charge in [0.05, 0.1) is 6.54 Å². The van der Waals surface area contributed by atoms with Gasteiger partial charge in [0.15, 0.2) is 6.23 Å². The molecule has 136 valence electrons. The minimum absolute atomic E-state index is 0.480. The minimum Gasteiger partial charge on any atom is -0.369 e. The number of nitrogens with one attached hydrogen (secondary N) is 2. The Hall–Kier alpha value is -2.93. The minimum atomic E-state index is -0.859. The third-order valence-corrected chi connectivity index (χ3v) is 4.11. The van der Waals surface area contributed by atoms with Crippen LogP contribution >= 0.6 is 0 Å². The number of aliphatic hydroxyl groups excluding tert-OH is 1. The van der Waals surface area contributed by atoms with Crippen molar-refractivity contribution < 1.29 is 5.11 Å². The number of hydrogen-bond acceptors (Lipinski definition) is 6. The van der Waals surface area contributed by atoms with Crippen LogP contribution in [0.1, 0.15) is 37.1 Å². The SMILES string of the molecule is CC(C)c1ccc(NC(O)c2cccnc2NCCn2cncn2)cc1. The standard InChI is InChI=1S/C19H24N6O/c1-14(2)15-5-7-16(8-6-15)24-19(26)17-4-3-9-21-18(17)22-10-11-25-13-20-12-23-25/h3-9,12-14,19,24,26H,10-11H2,1-2H3,(H,21,22). The van der Waals surface area contributed by atoms with Crippen molar-refractivity contribution in [2.45, 2.75) is 32.5 Å². The smallest absolute Gasteiger partial charge is 0.154 e. The van der Waals surface area contributed by atoms with Crippen LogP contribution in [0.5, 0.6) is 0 Å². The predicted octanol–water partition coefficient (Wildman–Crippen LogP) is 3.01. The van der Waals surface area contributed by atoms with E-state index >= 15 is 0 Å². The Bertz CT molecular complexity index is 801. The number of anilines is 2. The Morgan fingerprint density at radius 1 is 1.15 bits per heavy atom. The molecule has 0 aliphatic carbocycles. The largest absolute Gasteiger partial charge is 0.369 e. The molecule has 0 amide bonds. The number of hydrogen-bond donors (Lipinski definition) is 3. The molecule has 3 aromatic rings. The lowest BCUT2D eigenvalue weighted by Crippen LogP contribution is -2.16. The van der Waals surface area contributed by atoms with E-state index in [1.54, 1.807) is 17.2 Å². The zero-order chi connectivity index (χ0) is 18.4. The van der Waals surface area contributed by atoms with Crippen LogP contribution in [0.3, 0.4) is 0 Å². The van der Waals surface area contributed by atoms with Crippen molar-refractivity contribution in [2.24, 2.45) is 0 Å². The van der Waals surface area contributed by atoms with Gasteiger partial charge in [-0.1, -0.05) is 26.0 Å². The molecule has 0 saturated heterocycles. The van der Waals surface area contributed by atoms with Crippen LogP contribution in [-0.2, 0) is 6.54 Å². The third kappa shape index (κ3) is 4.58. The van der Waals surface area contributed by atoms with E-state index in [9.17, 15) is 5.11 Å². The first-order chi connectivity index (χ1) is 12.6. The Balaban J connectivity index is 1.64. The van der Waals surface area contributed by atoms with E-state index in [1.165, 1.54) is 11.9 Å². The summed E-state index contributed by atoms with van der Waals surface area (Å²) in [4.78, 5) is 8.26. The van der Waals surface area contributed by atoms with Gasteiger partial charge in [-0.15, -0.1) is 0 Å². The van der Waals surface area contributed by atoms with E-state index in [-0.39, 0.29) is 0 Å². The summed E-state index contributed by atoms with van der Waals surface area (Å²) in [6.07, 6.45) is 4.01. The molecule has 1 unspecified atom stereocenters. The summed E-state index contributed by atoms with van der Waals surface area (Å²) < 4.78 is 1.74. The zero-order valence-corrected chi connectivity index (χ0v) is 15.0. The van der Waals surface area contributed by atoms with Crippen LogP contribution in [0.15, 0.2) is 55.2 Å². The van der Waals surface area contributed by atoms with Crippen LogP contribution in [-0.4, -0.2) is 31.4 Å². The summed E-state index contributed by atoms with van der Waals surface area (Å²) in [7, 11) is 0. The van der Waals surface area contributed by atoms with E-state index < -0.39 is 6.23 Å². The quantitative estimate of drug-likeness (QED) is 0.540. The number of rotatable bonds is 8. The molecule has 26 heavy (non-hydrogen) atoms. The molecule has 0 saturated carbocycles. The van der Waals surface area contributed by atoms with Gasteiger partial charge < -0.3 is 15.7 Å². The number of nitrogens with zero attached hydrogens (tertiary/aromatic N) is 4. The third-order valence-electron chi connectivity index (χ3n) is 4.11. The molecule has 2 aromatic heterocycles. The highest BCUT2D eigenvalue weighted by Gasteiger charge is 2.13. The molecule has 7 nitrogen and oxygen atoms in total. The lowest BCUT2D eigenvalue weighted by atomic mass is 10.0. The summed E-state index contributed by atoms with van der Waals surface area (Å²) in [6, 6.07) is 11.8. The number of benzene rings is 1. The molecule has 2 heterocycles. The summed E-state index contributed by atoms with van der Waals surface area (Å²) in [5.74, 6) is 1.12. The van der Waals surface area contributed by atoms with E-state index in [0.29, 0.717) is 30.4 Å². The highest BCUT2D eigenvalue weighted by atomic mass is 16.3. The second kappa shape index (κ2) is 8.44. The molecular weight excluding hydrogens is 328 g/mol. The normalized spacial score (nSPS) is 12.2. The summed E-state index contributed by atoms with van der Waals surface area (Å²) in [5, 5.41) is 21.0. The van der Waals surface area contributed by atoms with E-state index in [2.05, 4.69) is 51.7 Å². The second-order valence-corrected chi connectivity index (χ2v) is 6.35. The average molecular weight is 352 g/mol. The lowest BCUT2D eigenvalue weighted by Gasteiger charge is -2.18. The Labute approximate surface area is 153 Å². The maximum atomic E-state index is 10.6. The molecule has 0 fully saturated rings. The van der Waals surface area contributed by atoms with Crippen LogP contribution in [0.25, 0.3) is 0 Å². The van der Waals surface area contributed by atoms with Gasteiger partial charge in [0.1, 0.15) is 18.5 Å². The molecule has 3 N–H and O–H groups in total. The first-order valence-electron chi connectivity index (χ1n) is 8.69. The fourth-order valence-corrected chi connectivity index (χ4v) is 2.62. The van der Waals surface area contributed by atoms with Crippen LogP contribution in [0.4, 0.5) is 11.5 Å². The fourth-order valence-electron chi connectivity index (χ4n) is 2.62. The molecule has 0 radical (unpaired) electrons. The Morgan fingerprint density at radius 3 is 2.65 bits per heavy atom. The van der Waals surface area contributed by atoms with Crippen molar-refractivity contribution in [3.05, 3.63) is 66.4 Å². The maximum Gasteiger partial charge on any atom is 0.154 e. The second-order valence-electron chi connectivity index (χ2n) is 6.35. The van der Waals surface area contributed by atoms with Crippen molar-refractivity contribution in [3.63, 3.8) is 0 Å². The highest BCUT2D eigenvalue weighted by molar-refractivity contribution is 5.51. The average Bonchev–Trinajstić information content (AvgIpc) is 3.16. The Morgan fingerprint density at radius 2 is 1.96 bits per heavy atom. The number of aliphatic hydroxyl groups is 1. The lowest BCUT2D eigenvalue weighted by molar-refractivity contribution is 0.208. The Kier molecular flexibility index (Phi) is 5.80. The fraction of sp³-hybridized carbons (Fsp3) is 0.316. The molecule has 1 aromatic carbocycles. The summed E-state index contributed by atoms with van der Waals surface area (Å²) in [5.41, 5.74) is 2.82. The van der Waals surface area contributed by atoms with Gasteiger partial charge in [-0.25, -0.2) is 9.97 Å². The van der Waals surface area contributed by atoms with Crippen LogP contribution < -0.4 is 10.6 Å². The van der Waals surface area contributed by atoms with Gasteiger partial charge in [0.25, 0.3) is 0 Å². The van der Waals surface area contributed by atoms with E-state index in [0.717, 1.165) is 5.69 Å². The van der Waals surface area contributed by atoms with E-state index in [1.807, 2.05) is 24.3 Å². The molecule has 0 aliphatic rings.